The van der Waals surface area contributed by atoms with Crippen molar-refractivity contribution in [2.45, 2.75) is 39.2 Å². The molecule has 1 aliphatic rings. The first-order valence-corrected chi connectivity index (χ1v) is 10.6. The molecule has 3 N–H and O–H groups in total. The molecule has 160 valence electrons. The van der Waals surface area contributed by atoms with E-state index in [9.17, 15) is 14.4 Å². The SMILES string of the molecule is CCc1cccc(CC)c1NC(=O)CN1C(=O)N[C@H](Cc2c[nH]c3ccccc23)C1=O. The number of aryl methyl sites for hydroxylation is 2. The Morgan fingerprint density at radius 1 is 1.00 bits per heavy atom. The average molecular weight is 418 g/mol. The number of para-hydroxylation sites is 2. The van der Waals surface area contributed by atoms with Crippen LogP contribution >= 0.6 is 0 Å². The second-order valence-corrected chi connectivity index (χ2v) is 7.70. The Kier molecular flexibility index (Phi) is 5.75. The Morgan fingerprint density at radius 2 is 1.71 bits per heavy atom. The zero-order valence-corrected chi connectivity index (χ0v) is 17.7. The van der Waals surface area contributed by atoms with Gasteiger partial charge in [-0.2, -0.15) is 0 Å². The molecular weight excluding hydrogens is 392 g/mol. The maximum Gasteiger partial charge on any atom is 0.325 e. The lowest BCUT2D eigenvalue weighted by Gasteiger charge is -2.17. The highest BCUT2D eigenvalue weighted by Gasteiger charge is 2.39. The molecule has 3 aromatic rings. The van der Waals surface area contributed by atoms with Crippen LogP contribution in [0, 0.1) is 0 Å². The fourth-order valence-corrected chi connectivity index (χ4v) is 4.11. The molecule has 2 heterocycles. The van der Waals surface area contributed by atoms with Gasteiger partial charge < -0.3 is 15.6 Å². The van der Waals surface area contributed by atoms with Gasteiger partial charge in [0.2, 0.25) is 5.91 Å². The Labute approximate surface area is 180 Å². The van der Waals surface area contributed by atoms with Gasteiger partial charge in [-0.1, -0.05) is 50.2 Å². The lowest BCUT2D eigenvalue weighted by atomic mass is 10.0. The second-order valence-electron chi connectivity index (χ2n) is 7.70. The van der Waals surface area contributed by atoms with Gasteiger partial charge in [0, 0.05) is 29.2 Å². The fourth-order valence-electron chi connectivity index (χ4n) is 4.11. The molecule has 0 unspecified atom stereocenters. The van der Waals surface area contributed by atoms with E-state index in [2.05, 4.69) is 15.6 Å². The minimum Gasteiger partial charge on any atom is -0.361 e. The Balaban J connectivity index is 1.45. The number of amides is 4. The van der Waals surface area contributed by atoms with E-state index >= 15 is 0 Å². The number of aromatic nitrogens is 1. The summed E-state index contributed by atoms with van der Waals surface area (Å²) in [6, 6.07) is 12.5. The topological polar surface area (TPSA) is 94.3 Å². The van der Waals surface area contributed by atoms with Gasteiger partial charge >= 0.3 is 6.03 Å². The quantitative estimate of drug-likeness (QED) is 0.513. The van der Waals surface area contributed by atoms with Crippen LogP contribution in [0.4, 0.5) is 10.5 Å². The normalized spacial score (nSPS) is 16.1. The number of imide groups is 1. The monoisotopic (exact) mass is 418 g/mol. The summed E-state index contributed by atoms with van der Waals surface area (Å²) in [5.41, 5.74) is 4.76. The van der Waals surface area contributed by atoms with Crippen molar-refractivity contribution in [1.82, 2.24) is 15.2 Å². The molecule has 0 aliphatic carbocycles. The molecule has 0 radical (unpaired) electrons. The number of H-pyrrole nitrogens is 1. The van der Waals surface area contributed by atoms with Crippen LogP contribution in [-0.2, 0) is 28.9 Å². The van der Waals surface area contributed by atoms with E-state index in [0.717, 1.165) is 51.0 Å². The van der Waals surface area contributed by atoms with Crippen molar-refractivity contribution in [2.24, 2.45) is 0 Å². The molecule has 7 nitrogen and oxygen atoms in total. The third-order valence-electron chi connectivity index (χ3n) is 5.77. The third-order valence-corrected chi connectivity index (χ3v) is 5.77. The van der Waals surface area contributed by atoms with E-state index in [1.165, 1.54) is 0 Å². The number of carbonyl (C=O) groups excluding carboxylic acids is 3. The van der Waals surface area contributed by atoms with Crippen molar-refractivity contribution in [2.75, 3.05) is 11.9 Å². The number of hydrogen-bond acceptors (Lipinski definition) is 3. The van der Waals surface area contributed by atoms with Crippen molar-refractivity contribution < 1.29 is 14.4 Å². The van der Waals surface area contributed by atoms with Gasteiger partial charge in [-0.05, 0) is 35.6 Å². The molecule has 2 aromatic carbocycles. The van der Waals surface area contributed by atoms with E-state index in [1.807, 2.05) is 62.5 Å². The van der Waals surface area contributed by atoms with E-state index in [0.29, 0.717) is 6.42 Å². The number of benzene rings is 2. The summed E-state index contributed by atoms with van der Waals surface area (Å²) in [5, 5.41) is 6.65. The molecule has 1 fully saturated rings. The first-order chi connectivity index (χ1) is 15.0. The number of rotatable bonds is 7. The number of anilines is 1. The highest BCUT2D eigenvalue weighted by Crippen LogP contribution is 2.23. The van der Waals surface area contributed by atoms with Crippen LogP contribution in [0.1, 0.15) is 30.5 Å². The molecular formula is C24H26N4O3. The fraction of sp³-hybridized carbons (Fsp3) is 0.292. The van der Waals surface area contributed by atoms with E-state index in [-0.39, 0.29) is 18.4 Å². The molecule has 1 aromatic heterocycles. The van der Waals surface area contributed by atoms with Crippen LogP contribution in [0.25, 0.3) is 10.9 Å². The molecule has 1 atom stereocenters. The molecule has 1 aliphatic heterocycles. The minimum absolute atomic E-state index is 0.309. The van der Waals surface area contributed by atoms with Gasteiger partial charge in [-0.25, -0.2) is 4.79 Å². The first-order valence-electron chi connectivity index (χ1n) is 10.6. The van der Waals surface area contributed by atoms with Crippen molar-refractivity contribution in [3.8, 4) is 0 Å². The number of carbonyl (C=O) groups is 3. The van der Waals surface area contributed by atoms with Crippen LogP contribution in [0.3, 0.4) is 0 Å². The predicted molar refractivity (Wildman–Crippen MR) is 120 cm³/mol. The number of urea groups is 1. The molecule has 31 heavy (non-hydrogen) atoms. The van der Waals surface area contributed by atoms with Crippen molar-refractivity contribution in [1.29, 1.82) is 0 Å². The third kappa shape index (κ3) is 4.03. The zero-order valence-electron chi connectivity index (χ0n) is 17.7. The highest BCUT2D eigenvalue weighted by molar-refractivity contribution is 6.08. The number of hydrogen-bond donors (Lipinski definition) is 3. The minimum atomic E-state index is -0.686. The zero-order chi connectivity index (χ0) is 22.0. The van der Waals surface area contributed by atoms with Crippen LogP contribution in [0.5, 0.6) is 0 Å². The number of nitrogens with zero attached hydrogens (tertiary/aromatic N) is 1. The van der Waals surface area contributed by atoms with Gasteiger partial charge in [0.05, 0.1) is 0 Å². The standard InChI is InChI=1S/C24H26N4O3/c1-3-15-8-7-9-16(4-2)22(15)27-21(29)14-28-23(30)20(26-24(28)31)12-17-13-25-19-11-6-5-10-18(17)19/h5-11,13,20,25H,3-4,12,14H2,1-2H3,(H,26,31)(H,27,29)/t20-/m1/s1. The van der Waals surface area contributed by atoms with Gasteiger partial charge in [0.15, 0.2) is 0 Å². The van der Waals surface area contributed by atoms with Crippen molar-refractivity contribution in [3.05, 3.63) is 65.4 Å². The number of fused-ring (bicyclic) bond motifs is 1. The summed E-state index contributed by atoms with van der Waals surface area (Å²) in [7, 11) is 0. The van der Waals surface area contributed by atoms with E-state index in [1.54, 1.807) is 0 Å². The largest absolute Gasteiger partial charge is 0.361 e. The van der Waals surface area contributed by atoms with Crippen LogP contribution in [0.15, 0.2) is 48.7 Å². The van der Waals surface area contributed by atoms with Gasteiger partial charge in [-0.3, -0.25) is 14.5 Å². The Morgan fingerprint density at radius 3 is 2.42 bits per heavy atom. The summed E-state index contributed by atoms with van der Waals surface area (Å²) in [6.07, 6.45) is 3.78. The Hall–Kier alpha value is -3.61. The van der Waals surface area contributed by atoms with Crippen LogP contribution in [-0.4, -0.2) is 40.3 Å². The summed E-state index contributed by atoms with van der Waals surface area (Å²) >= 11 is 0. The maximum absolute atomic E-state index is 12.9. The van der Waals surface area contributed by atoms with Crippen LogP contribution in [0.2, 0.25) is 0 Å². The smallest absolute Gasteiger partial charge is 0.325 e. The Bertz CT molecular complexity index is 1130. The highest BCUT2D eigenvalue weighted by atomic mass is 16.2. The molecule has 0 bridgehead atoms. The molecule has 1 saturated heterocycles. The van der Waals surface area contributed by atoms with Crippen LogP contribution < -0.4 is 10.6 Å². The summed E-state index contributed by atoms with van der Waals surface area (Å²) in [6.45, 7) is 3.74. The van der Waals surface area contributed by atoms with Crippen molar-refractivity contribution >= 4 is 34.4 Å². The lowest BCUT2D eigenvalue weighted by molar-refractivity contribution is -0.130. The summed E-state index contributed by atoms with van der Waals surface area (Å²) in [5.74, 6) is -0.767. The molecule has 0 spiro atoms. The molecule has 7 heteroatoms. The predicted octanol–water partition coefficient (Wildman–Crippen LogP) is 3.39. The van der Waals surface area contributed by atoms with E-state index < -0.39 is 12.1 Å². The lowest BCUT2D eigenvalue weighted by Crippen LogP contribution is -2.38. The van der Waals surface area contributed by atoms with Crippen molar-refractivity contribution in [3.63, 3.8) is 0 Å². The number of aromatic amines is 1. The van der Waals surface area contributed by atoms with Gasteiger partial charge in [0.1, 0.15) is 12.6 Å². The second kappa shape index (κ2) is 8.63. The van der Waals surface area contributed by atoms with E-state index in [4.69, 9.17) is 0 Å². The van der Waals surface area contributed by atoms with Gasteiger partial charge in [-0.15, -0.1) is 0 Å². The first kappa shape index (κ1) is 20.7. The maximum atomic E-state index is 12.9. The van der Waals surface area contributed by atoms with Gasteiger partial charge in [0.25, 0.3) is 5.91 Å². The summed E-state index contributed by atoms with van der Waals surface area (Å²) < 4.78 is 0. The molecule has 0 saturated carbocycles. The molecule has 4 rings (SSSR count). The molecule has 4 amide bonds. The number of nitrogens with one attached hydrogen (secondary N) is 3. The summed E-state index contributed by atoms with van der Waals surface area (Å²) in [4.78, 5) is 42.2. The average Bonchev–Trinajstić information content (AvgIpc) is 3.30.